The van der Waals surface area contributed by atoms with E-state index in [1.54, 1.807) is 0 Å². The fourth-order valence-electron chi connectivity index (χ4n) is 0.477. The highest BCUT2D eigenvalue weighted by atomic mass is 16.8. The SMILES string of the molecule is ON(O)c1ccncc1. The number of pyridine rings is 1. The van der Waals surface area contributed by atoms with Crippen molar-refractivity contribution in [3.05, 3.63) is 24.5 Å². The normalized spacial score (nSPS) is 9.11. The molecule has 2 N–H and O–H groups in total. The topological polar surface area (TPSA) is 56.6 Å². The van der Waals surface area contributed by atoms with Gasteiger partial charge in [0.2, 0.25) is 0 Å². The lowest BCUT2D eigenvalue weighted by atomic mass is 10.4. The second-order valence-corrected chi connectivity index (χ2v) is 1.49. The highest BCUT2D eigenvalue weighted by Gasteiger charge is 1.92. The van der Waals surface area contributed by atoms with Crippen molar-refractivity contribution in [1.29, 1.82) is 0 Å². The molecule has 0 atom stereocenters. The van der Waals surface area contributed by atoms with Crippen molar-refractivity contribution < 1.29 is 10.4 Å². The molecule has 0 unspecified atom stereocenters. The van der Waals surface area contributed by atoms with Gasteiger partial charge in [-0.2, -0.15) is 0 Å². The maximum absolute atomic E-state index is 8.38. The zero-order valence-electron chi connectivity index (χ0n) is 4.60. The molecule has 1 heterocycles. The maximum atomic E-state index is 8.38. The summed E-state index contributed by atoms with van der Waals surface area (Å²) in [4.78, 5) is 3.68. The van der Waals surface area contributed by atoms with Crippen molar-refractivity contribution in [3.63, 3.8) is 0 Å². The van der Waals surface area contributed by atoms with Crippen LogP contribution in [0.4, 0.5) is 5.69 Å². The summed E-state index contributed by atoms with van der Waals surface area (Å²) in [6.07, 6.45) is 2.93. The van der Waals surface area contributed by atoms with E-state index in [0.717, 1.165) is 0 Å². The third-order valence-corrected chi connectivity index (χ3v) is 0.894. The van der Waals surface area contributed by atoms with E-state index in [2.05, 4.69) is 4.98 Å². The standard InChI is InChI=1S/C5H6N2O2/c8-7(9)5-1-3-6-4-2-5/h1-4,8-9H. The Morgan fingerprint density at radius 1 is 1.22 bits per heavy atom. The monoisotopic (exact) mass is 126 g/mol. The molecule has 0 amide bonds. The summed E-state index contributed by atoms with van der Waals surface area (Å²) in [7, 11) is 0. The van der Waals surface area contributed by atoms with E-state index in [4.69, 9.17) is 10.4 Å². The Balaban J connectivity index is 2.85. The molecule has 0 bridgehead atoms. The molecule has 0 saturated heterocycles. The van der Waals surface area contributed by atoms with E-state index in [1.165, 1.54) is 24.5 Å². The van der Waals surface area contributed by atoms with Crippen LogP contribution in [0.5, 0.6) is 0 Å². The van der Waals surface area contributed by atoms with Gasteiger partial charge in [-0.25, -0.2) is 0 Å². The van der Waals surface area contributed by atoms with E-state index >= 15 is 0 Å². The molecule has 9 heavy (non-hydrogen) atoms. The number of rotatable bonds is 1. The van der Waals surface area contributed by atoms with Gasteiger partial charge in [-0.3, -0.25) is 15.4 Å². The number of aromatic nitrogens is 1. The van der Waals surface area contributed by atoms with Gasteiger partial charge in [0.15, 0.2) is 0 Å². The molecule has 4 heteroatoms. The zero-order valence-corrected chi connectivity index (χ0v) is 4.60. The lowest BCUT2D eigenvalue weighted by Gasteiger charge is -2.04. The lowest BCUT2D eigenvalue weighted by molar-refractivity contribution is 0.0291. The molecule has 1 rings (SSSR count). The highest BCUT2D eigenvalue weighted by molar-refractivity contribution is 5.37. The molecule has 0 fully saturated rings. The van der Waals surface area contributed by atoms with Gasteiger partial charge in [-0.15, -0.1) is 5.23 Å². The molecule has 0 aliphatic heterocycles. The number of hydrogen-bond acceptors (Lipinski definition) is 4. The van der Waals surface area contributed by atoms with Gasteiger partial charge >= 0.3 is 0 Å². The van der Waals surface area contributed by atoms with E-state index in [0.29, 0.717) is 5.69 Å². The summed E-state index contributed by atoms with van der Waals surface area (Å²) in [6, 6.07) is 2.94. The average molecular weight is 126 g/mol. The minimum absolute atomic E-state index is 0.0433. The van der Waals surface area contributed by atoms with Crippen LogP contribution in [0.3, 0.4) is 0 Å². The first-order chi connectivity index (χ1) is 4.30. The summed E-state index contributed by atoms with van der Waals surface area (Å²) >= 11 is 0. The van der Waals surface area contributed by atoms with Crippen LogP contribution in [-0.2, 0) is 0 Å². The summed E-state index contributed by atoms with van der Waals surface area (Å²) in [6.45, 7) is 0. The fraction of sp³-hybridized carbons (Fsp3) is 0. The molecule has 1 aromatic rings. The largest absolute Gasteiger partial charge is 0.265 e. The van der Waals surface area contributed by atoms with Gasteiger partial charge in [0.1, 0.15) is 0 Å². The van der Waals surface area contributed by atoms with Crippen LogP contribution in [-0.4, -0.2) is 15.4 Å². The Labute approximate surface area is 51.9 Å². The molecule has 1 aromatic heterocycles. The van der Waals surface area contributed by atoms with Crippen molar-refractivity contribution in [1.82, 2.24) is 4.98 Å². The van der Waals surface area contributed by atoms with E-state index < -0.39 is 0 Å². The Morgan fingerprint density at radius 2 is 1.78 bits per heavy atom. The smallest absolute Gasteiger partial charge is 0.0973 e. The van der Waals surface area contributed by atoms with Crippen LogP contribution in [0.15, 0.2) is 24.5 Å². The maximum Gasteiger partial charge on any atom is 0.0973 e. The van der Waals surface area contributed by atoms with Crippen molar-refractivity contribution in [2.24, 2.45) is 0 Å². The molecule has 0 spiro atoms. The van der Waals surface area contributed by atoms with Crippen molar-refractivity contribution in [3.8, 4) is 0 Å². The summed E-state index contributed by atoms with van der Waals surface area (Å²) in [5, 5.41) is 16.8. The van der Waals surface area contributed by atoms with Gasteiger partial charge < -0.3 is 0 Å². The molecular formula is C5H6N2O2. The van der Waals surface area contributed by atoms with Crippen LogP contribution in [0.2, 0.25) is 0 Å². The second kappa shape index (κ2) is 2.43. The van der Waals surface area contributed by atoms with Gasteiger partial charge in [0, 0.05) is 12.4 Å². The van der Waals surface area contributed by atoms with Crippen molar-refractivity contribution in [2.75, 3.05) is 5.23 Å². The first-order valence-corrected chi connectivity index (χ1v) is 2.38. The van der Waals surface area contributed by atoms with Gasteiger partial charge in [0.05, 0.1) is 5.69 Å². The number of nitrogens with zero attached hydrogens (tertiary/aromatic N) is 2. The summed E-state index contributed by atoms with van der Waals surface area (Å²) in [5.41, 5.74) is 0.296. The minimum atomic E-state index is 0.0433. The Kier molecular flexibility index (Phi) is 1.62. The second-order valence-electron chi connectivity index (χ2n) is 1.49. The summed E-state index contributed by atoms with van der Waals surface area (Å²) in [5.74, 6) is 0. The molecular weight excluding hydrogens is 120 g/mol. The van der Waals surface area contributed by atoms with Crippen LogP contribution < -0.4 is 5.23 Å². The number of anilines is 1. The highest BCUT2D eigenvalue weighted by Crippen LogP contribution is 2.05. The first kappa shape index (κ1) is 6.00. The Hall–Kier alpha value is -1.13. The third-order valence-electron chi connectivity index (χ3n) is 0.894. The molecule has 48 valence electrons. The molecule has 0 aromatic carbocycles. The fourth-order valence-corrected chi connectivity index (χ4v) is 0.477. The molecule has 0 aliphatic carbocycles. The quantitative estimate of drug-likeness (QED) is 0.543. The van der Waals surface area contributed by atoms with E-state index in [1.807, 2.05) is 0 Å². The third kappa shape index (κ3) is 1.38. The Morgan fingerprint density at radius 3 is 2.11 bits per heavy atom. The predicted molar refractivity (Wildman–Crippen MR) is 30.3 cm³/mol. The molecule has 4 nitrogen and oxygen atoms in total. The van der Waals surface area contributed by atoms with Crippen molar-refractivity contribution in [2.45, 2.75) is 0 Å². The van der Waals surface area contributed by atoms with Crippen LogP contribution >= 0.6 is 0 Å². The zero-order chi connectivity index (χ0) is 6.69. The predicted octanol–water partition coefficient (Wildman–Crippen LogP) is 0.666. The minimum Gasteiger partial charge on any atom is -0.265 e. The lowest BCUT2D eigenvalue weighted by Crippen LogP contribution is -2.10. The first-order valence-electron chi connectivity index (χ1n) is 2.38. The number of hydrogen-bond donors (Lipinski definition) is 2. The van der Waals surface area contributed by atoms with Gasteiger partial charge in [0.25, 0.3) is 0 Å². The molecule has 0 aliphatic rings. The average Bonchev–Trinajstić information content (AvgIpc) is 1.90. The van der Waals surface area contributed by atoms with E-state index in [-0.39, 0.29) is 5.23 Å². The van der Waals surface area contributed by atoms with Crippen LogP contribution in [0.25, 0.3) is 0 Å². The summed E-state index contributed by atoms with van der Waals surface area (Å²) < 4.78 is 0. The van der Waals surface area contributed by atoms with Gasteiger partial charge in [-0.05, 0) is 12.1 Å². The van der Waals surface area contributed by atoms with Gasteiger partial charge in [-0.1, -0.05) is 0 Å². The Bertz CT molecular complexity index is 176. The van der Waals surface area contributed by atoms with Crippen molar-refractivity contribution >= 4 is 5.69 Å². The van der Waals surface area contributed by atoms with Crippen LogP contribution in [0.1, 0.15) is 0 Å². The van der Waals surface area contributed by atoms with E-state index in [9.17, 15) is 0 Å². The van der Waals surface area contributed by atoms with Crippen LogP contribution in [0, 0.1) is 0 Å². The molecule has 0 radical (unpaired) electrons. The molecule has 0 saturated carbocycles.